The summed E-state index contributed by atoms with van der Waals surface area (Å²) in [6.07, 6.45) is 1.59. The van der Waals surface area contributed by atoms with Gasteiger partial charge in [-0.2, -0.15) is 0 Å². The molecule has 0 heterocycles. The second-order valence-electron chi connectivity index (χ2n) is 6.80. The number of esters is 1. The van der Waals surface area contributed by atoms with Crippen molar-refractivity contribution in [1.82, 2.24) is 0 Å². The number of rotatable bonds is 4. The molecule has 0 atom stereocenters. The molecule has 0 bridgehead atoms. The van der Waals surface area contributed by atoms with Crippen LogP contribution in [-0.4, -0.2) is 24.2 Å². The Morgan fingerprint density at radius 1 is 0.920 bits per heavy atom. The average molecular weight is 338 g/mol. The lowest BCUT2D eigenvalue weighted by molar-refractivity contribution is -0.130. The van der Waals surface area contributed by atoms with Gasteiger partial charge < -0.3 is 9.84 Å². The number of methoxy groups -OCH3 is 1. The SMILES string of the molecule is COC(=O)c1ccc(/C=C(/C(=O)O)c2ccc(C(C)(C)C)cc2)cc1. The minimum atomic E-state index is -0.999. The topological polar surface area (TPSA) is 63.6 Å². The molecule has 0 aliphatic heterocycles. The molecule has 0 fully saturated rings. The van der Waals surface area contributed by atoms with Crippen molar-refractivity contribution >= 4 is 23.6 Å². The molecule has 2 aromatic rings. The second kappa shape index (κ2) is 7.34. The first-order valence-corrected chi connectivity index (χ1v) is 7.96. The third-order valence-electron chi connectivity index (χ3n) is 3.94. The molecule has 0 spiro atoms. The van der Waals surface area contributed by atoms with E-state index in [1.807, 2.05) is 24.3 Å². The number of carbonyl (C=O) groups excluding carboxylic acids is 1. The molecule has 1 N–H and O–H groups in total. The zero-order valence-corrected chi connectivity index (χ0v) is 14.9. The molecule has 0 radical (unpaired) electrons. The third kappa shape index (κ3) is 4.57. The maximum absolute atomic E-state index is 11.7. The summed E-state index contributed by atoms with van der Waals surface area (Å²) in [6.45, 7) is 6.33. The van der Waals surface area contributed by atoms with Gasteiger partial charge in [0, 0.05) is 0 Å². The van der Waals surface area contributed by atoms with E-state index in [0.717, 1.165) is 5.56 Å². The van der Waals surface area contributed by atoms with Crippen LogP contribution in [0.25, 0.3) is 11.6 Å². The fourth-order valence-corrected chi connectivity index (χ4v) is 2.42. The van der Waals surface area contributed by atoms with Crippen LogP contribution in [0.1, 0.15) is 47.8 Å². The molecule has 0 unspecified atom stereocenters. The summed E-state index contributed by atoms with van der Waals surface area (Å²) >= 11 is 0. The minimum absolute atomic E-state index is 0.00927. The first-order valence-electron chi connectivity index (χ1n) is 7.96. The number of ether oxygens (including phenoxy) is 1. The van der Waals surface area contributed by atoms with E-state index in [-0.39, 0.29) is 11.0 Å². The summed E-state index contributed by atoms with van der Waals surface area (Å²) < 4.78 is 4.65. The van der Waals surface area contributed by atoms with E-state index in [1.54, 1.807) is 30.3 Å². The highest BCUT2D eigenvalue weighted by Gasteiger charge is 2.15. The maximum atomic E-state index is 11.7. The molecule has 0 aromatic heterocycles. The van der Waals surface area contributed by atoms with Crippen molar-refractivity contribution in [2.45, 2.75) is 26.2 Å². The van der Waals surface area contributed by atoms with E-state index in [4.69, 9.17) is 0 Å². The molecule has 130 valence electrons. The zero-order chi connectivity index (χ0) is 18.6. The molecular weight excluding hydrogens is 316 g/mol. The van der Waals surface area contributed by atoms with E-state index < -0.39 is 11.9 Å². The molecule has 0 aliphatic carbocycles. The van der Waals surface area contributed by atoms with Crippen LogP contribution in [0.5, 0.6) is 0 Å². The molecule has 4 nitrogen and oxygen atoms in total. The number of carboxylic acids is 1. The molecule has 0 aliphatic rings. The first-order chi connectivity index (χ1) is 11.7. The Bertz CT molecular complexity index is 791. The summed E-state index contributed by atoms with van der Waals surface area (Å²) in [5.41, 5.74) is 3.11. The number of carbonyl (C=O) groups is 2. The van der Waals surface area contributed by atoms with Crippen molar-refractivity contribution in [3.05, 3.63) is 70.8 Å². The fourth-order valence-electron chi connectivity index (χ4n) is 2.42. The summed E-state index contributed by atoms with van der Waals surface area (Å²) in [5.74, 6) is -1.42. The molecular formula is C21H22O4. The van der Waals surface area contributed by atoms with Crippen molar-refractivity contribution in [1.29, 1.82) is 0 Å². The van der Waals surface area contributed by atoms with Crippen molar-refractivity contribution in [3.63, 3.8) is 0 Å². The maximum Gasteiger partial charge on any atom is 0.337 e. The predicted molar refractivity (Wildman–Crippen MR) is 98.4 cm³/mol. The van der Waals surface area contributed by atoms with E-state index in [9.17, 15) is 14.7 Å². The van der Waals surface area contributed by atoms with Gasteiger partial charge in [0.05, 0.1) is 18.2 Å². The van der Waals surface area contributed by atoms with Gasteiger partial charge in [-0.15, -0.1) is 0 Å². The van der Waals surface area contributed by atoms with Crippen molar-refractivity contribution in [3.8, 4) is 0 Å². The summed E-state index contributed by atoms with van der Waals surface area (Å²) in [6, 6.07) is 14.2. The van der Waals surface area contributed by atoms with Gasteiger partial charge in [-0.05, 0) is 40.3 Å². The Morgan fingerprint density at radius 2 is 1.44 bits per heavy atom. The van der Waals surface area contributed by atoms with Crippen LogP contribution in [0.2, 0.25) is 0 Å². The van der Waals surface area contributed by atoms with Gasteiger partial charge in [-0.1, -0.05) is 57.2 Å². The number of benzene rings is 2. The average Bonchev–Trinajstić information content (AvgIpc) is 2.58. The van der Waals surface area contributed by atoms with Crippen LogP contribution in [-0.2, 0) is 14.9 Å². The first kappa shape index (κ1) is 18.5. The monoisotopic (exact) mass is 338 g/mol. The fraction of sp³-hybridized carbons (Fsp3) is 0.238. The highest BCUT2D eigenvalue weighted by molar-refractivity contribution is 6.20. The normalized spacial score (nSPS) is 11.9. The van der Waals surface area contributed by atoms with Gasteiger partial charge in [0.2, 0.25) is 0 Å². The van der Waals surface area contributed by atoms with Gasteiger partial charge in [-0.3, -0.25) is 0 Å². The summed E-state index contributed by atoms with van der Waals surface area (Å²) in [5, 5.41) is 9.56. The second-order valence-corrected chi connectivity index (χ2v) is 6.80. The molecule has 0 saturated heterocycles. The number of hydrogen-bond acceptors (Lipinski definition) is 3. The van der Waals surface area contributed by atoms with Gasteiger partial charge >= 0.3 is 11.9 Å². The van der Waals surface area contributed by atoms with E-state index in [2.05, 4.69) is 25.5 Å². The van der Waals surface area contributed by atoms with Crippen LogP contribution in [0.4, 0.5) is 0 Å². The van der Waals surface area contributed by atoms with Crippen molar-refractivity contribution in [2.75, 3.05) is 7.11 Å². The van der Waals surface area contributed by atoms with Crippen LogP contribution < -0.4 is 0 Å². The van der Waals surface area contributed by atoms with E-state index >= 15 is 0 Å². The lowest BCUT2D eigenvalue weighted by atomic mass is 9.86. The molecule has 2 aromatic carbocycles. The molecule has 0 saturated carbocycles. The standard InChI is InChI=1S/C21H22O4/c1-21(2,3)17-11-9-15(10-12-17)18(19(22)23)13-14-5-7-16(8-6-14)20(24)25-4/h5-13H,1-4H3,(H,22,23)/b18-13+. The molecule has 25 heavy (non-hydrogen) atoms. The van der Waals surface area contributed by atoms with Crippen molar-refractivity contribution in [2.24, 2.45) is 0 Å². The lowest BCUT2D eigenvalue weighted by Gasteiger charge is -2.19. The molecule has 2 rings (SSSR count). The van der Waals surface area contributed by atoms with E-state index in [1.165, 1.54) is 7.11 Å². The van der Waals surface area contributed by atoms with Gasteiger partial charge in [-0.25, -0.2) is 9.59 Å². The predicted octanol–water partition coefficient (Wildman–Crippen LogP) is 4.40. The molecule has 0 amide bonds. The summed E-state index contributed by atoms with van der Waals surface area (Å²) in [7, 11) is 1.32. The Balaban J connectivity index is 2.36. The number of carboxylic acid groups (broad SMARTS) is 1. The Labute approximate surface area is 147 Å². The summed E-state index contributed by atoms with van der Waals surface area (Å²) in [4.78, 5) is 23.1. The van der Waals surface area contributed by atoms with Crippen LogP contribution in [0.3, 0.4) is 0 Å². The van der Waals surface area contributed by atoms with E-state index in [0.29, 0.717) is 16.7 Å². The zero-order valence-electron chi connectivity index (χ0n) is 14.9. The van der Waals surface area contributed by atoms with Crippen LogP contribution in [0, 0.1) is 0 Å². The number of hydrogen-bond donors (Lipinski definition) is 1. The Kier molecular flexibility index (Phi) is 5.42. The smallest absolute Gasteiger partial charge is 0.337 e. The Hall–Kier alpha value is -2.88. The Morgan fingerprint density at radius 3 is 1.88 bits per heavy atom. The van der Waals surface area contributed by atoms with Crippen LogP contribution in [0.15, 0.2) is 48.5 Å². The molecule has 4 heteroatoms. The van der Waals surface area contributed by atoms with Gasteiger partial charge in [0.1, 0.15) is 0 Å². The van der Waals surface area contributed by atoms with Crippen molar-refractivity contribution < 1.29 is 19.4 Å². The third-order valence-corrected chi connectivity index (χ3v) is 3.94. The largest absolute Gasteiger partial charge is 0.478 e. The lowest BCUT2D eigenvalue weighted by Crippen LogP contribution is -2.11. The number of aliphatic carboxylic acids is 1. The highest BCUT2D eigenvalue weighted by atomic mass is 16.5. The van der Waals surface area contributed by atoms with Crippen LogP contribution >= 0.6 is 0 Å². The minimum Gasteiger partial charge on any atom is -0.478 e. The quantitative estimate of drug-likeness (QED) is 0.510. The highest BCUT2D eigenvalue weighted by Crippen LogP contribution is 2.25. The van der Waals surface area contributed by atoms with Gasteiger partial charge in [0.25, 0.3) is 0 Å². The van der Waals surface area contributed by atoms with Gasteiger partial charge in [0.15, 0.2) is 0 Å².